The second-order valence-corrected chi connectivity index (χ2v) is 8.29. The van der Waals surface area contributed by atoms with Gasteiger partial charge < -0.3 is 5.73 Å². The molecule has 0 aliphatic rings. The van der Waals surface area contributed by atoms with E-state index >= 15 is 0 Å². The number of hydrogen-bond donors (Lipinski definition) is 1. The van der Waals surface area contributed by atoms with Crippen molar-refractivity contribution in [2.75, 3.05) is 0 Å². The van der Waals surface area contributed by atoms with E-state index in [-0.39, 0.29) is 4.90 Å². The third-order valence-electron chi connectivity index (χ3n) is 4.59. The number of aryl methyl sites for hydroxylation is 1. The van der Waals surface area contributed by atoms with Crippen molar-refractivity contribution in [2.45, 2.75) is 11.8 Å². The number of nitrogens with two attached hydrogens (primary N) is 1. The molecule has 0 bridgehead atoms. The summed E-state index contributed by atoms with van der Waals surface area (Å²) in [6, 6.07) is 17.1. The summed E-state index contributed by atoms with van der Waals surface area (Å²) in [5.41, 5.74) is 8.59. The Hall–Kier alpha value is -3.45. The van der Waals surface area contributed by atoms with Crippen LogP contribution in [0.25, 0.3) is 22.2 Å². The van der Waals surface area contributed by atoms with Crippen LogP contribution in [0.2, 0.25) is 0 Å². The highest BCUT2D eigenvalue weighted by atomic mass is 32.2. The van der Waals surface area contributed by atoms with E-state index in [9.17, 15) is 13.2 Å². The fourth-order valence-electron chi connectivity index (χ4n) is 3.12. The van der Waals surface area contributed by atoms with Gasteiger partial charge in [0.2, 0.25) is 5.91 Å². The molecule has 0 aliphatic heterocycles. The molecule has 0 unspecified atom stereocenters. The van der Waals surface area contributed by atoms with E-state index in [0.717, 1.165) is 16.7 Å². The van der Waals surface area contributed by atoms with Crippen molar-refractivity contribution in [1.82, 2.24) is 8.96 Å². The van der Waals surface area contributed by atoms with Crippen LogP contribution in [0.5, 0.6) is 0 Å². The molecule has 0 fully saturated rings. The molecule has 2 aromatic heterocycles. The first-order valence-electron chi connectivity index (χ1n) is 8.56. The number of hydrogen-bond acceptors (Lipinski definition) is 4. The van der Waals surface area contributed by atoms with E-state index in [2.05, 4.69) is 4.98 Å². The Bertz CT molecular complexity index is 1310. The van der Waals surface area contributed by atoms with Gasteiger partial charge in [0, 0.05) is 23.3 Å². The molecule has 0 aliphatic carbocycles. The molecule has 7 heteroatoms. The minimum absolute atomic E-state index is 0.193. The summed E-state index contributed by atoms with van der Waals surface area (Å²) >= 11 is 0. The smallest absolute Gasteiger partial charge is 0.269 e. The maximum absolute atomic E-state index is 13.1. The zero-order valence-corrected chi connectivity index (χ0v) is 15.8. The molecular formula is C21H17N3O3S. The average Bonchev–Trinajstić information content (AvgIpc) is 3.13. The third-order valence-corrected chi connectivity index (χ3v) is 6.27. The molecular weight excluding hydrogens is 374 g/mol. The minimum Gasteiger partial charge on any atom is -0.366 e. The number of pyridine rings is 1. The molecule has 28 heavy (non-hydrogen) atoms. The van der Waals surface area contributed by atoms with Gasteiger partial charge in [0.25, 0.3) is 10.0 Å². The van der Waals surface area contributed by atoms with Crippen molar-refractivity contribution in [2.24, 2.45) is 5.73 Å². The van der Waals surface area contributed by atoms with Crippen LogP contribution in [0.4, 0.5) is 0 Å². The van der Waals surface area contributed by atoms with Crippen molar-refractivity contribution in [3.63, 3.8) is 0 Å². The molecule has 1 amide bonds. The number of rotatable bonds is 4. The molecule has 4 rings (SSSR count). The second kappa shape index (κ2) is 6.61. The number of benzene rings is 2. The Morgan fingerprint density at radius 2 is 1.79 bits per heavy atom. The van der Waals surface area contributed by atoms with Crippen LogP contribution in [0.3, 0.4) is 0 Å². The van der Waals surface area contributed by atoms with E-state index in [4.69, 9.17) is 5.73 Å². The van der Waals surface area contributed by atoms with Gasteiger partial charge in [-0.3, -0.25) is 4.79 Å². The van der Waals surface area contributed by atoms with Crippen molar-refractivity contribution in [3.05, 3.63) is 84.2 Å². The van der Waals surface area contributed by atoms with Crippen molar-refractivity contribution in [1.29, 1.82) is 0 Å². The first-order chi connectivity index (χ1) is 13.4. The van der Waals surface area contributed by atoms with E-state index in [1.165, 1.54) is 10.2 Å². The van der Waals surface area contributed by atoms with Crippen LogP contribution in [0.15, 0.2) is 78.0 Å². The molecule has 2 aromatic carbocycles. The lowest BCUT2D eigenvalue weighted by molar-refractivity contribution is 0.100. The fourth-order valence-corrected chi connectivity index (χ4v) is 4.43. The van der Waals surface area contributed by atoms with Crippen LogP contribution < -0.4 is 5.73 Å². The van der Waals surface area contributed by atoms with Crippen LogP contribution in [-0.4, -0.2) is 23.3 Å². The van der Waals surface area contributed by atoms with E-state index < -0.39 is 15.9 Å². The predicted molar refractivity (Wildman–Crippen MR) is 107 cm³/mol. The molecule has 0 spiro atoms. The molecule has 4 aromatic rings. The molecule has 0 radical (unpaired) electrons. The highest BCUT2D eigenvalue weighted by Gasteiger charge is 2.20. The standard InChI is InChI=1S/C21H17N3O3S/c1-14-5-7-17(8-6-14)28(26,27)24-12-10-19-18(9-11-23-21(19)24)15-3-2-4-16(13-15)20(22)25/h2-13H,1H3,(H2,22,25). The molecule has 2 heterocycles. The monoisotopic (exact) mass is 391 g/mol. The lowest BCUT2D eigenvalue weighted by atomic mass is 10.0. The van der Waals surface area contributed by atoms with Crippen molar-refractivity contribution in [3.8, 4) is 11.1 Å². The van der Waals surface area contributed by atoms with E-state index in [0.29, 0.717) is 16.6 Å². The van der Waals surface area contributed by atoms with E-state index in [1.807, 2.05) is 13.0 Å². The van der Waals surface area contributed by atoms with Crippen LogP contribution >= 0.6 is 0 Å². The number of fused-ring (bicyclic) bond motifs is 1. The lowest BCUT2D eigenvalue weighted by Crippen LogP contribution is -2.12. The first-order valence-corrected chi connectivity index (χ1v) is 10.0. The SMILES string of the molecule is Cc1ccc(S(=O)(=O)n2ccc3c(-c4cccc(C(N)=O)c4)ccnc32)cc1. The highest BCUT2D eigenvalue weighted by molar-refractivity contribution is 7.90. The Labute approximate surface area is 162 Å². The summed E-state index contributed by atoms with van der Waals surface area (Å²) < 4.78 is 27.3. The number of amides is 1. The van der Waals surface area contributed by atoms with Gasteiger partial charge in [-0.15, -0.1) is 0 Å². The second-order valence-electron chi connectivity index (χ2n) is 6.47. The van der Waals surface area contributed by atoms with Gasteiger partial charge in [0.1, 0.15) is 0 Å². The first kappa shape index (κ1) is 17.9. The lowest BCUT2D eigenvalue weighted by Gasteiger charge is -2.09. The van der Waals surface area contributed by atoms with Gasteiger partial charge in [-0.1, -0.05) is 29.8 Å². The maximum atomic E-state index is 13.1. The number of carbonyl (C=O) groups is 1. The zero-order chi connectivity index (χ0) is 19.9. The number of nitrogens with zero attached hydrogens (tertiary/aromatic N) is 2. The number of aromatic nitrogens is 2. The molecule has 0 saturated carbocycles. The van der Waals surface area contributed by atoms with Crippen LogP contribution in [0, 0.1) is 6.92 Å². The van der Waals surface area contributed by atoms with Gasteiger partial charge >= 0.3 is 0 Å². The summed E-state index contributed by atoms with van der Waals surface area (Å²) in [5.74, 6) is -0.522. The van der Waals surface area contributed by atoms with Gasteiger partial charge in [-0.25, -0.2) is 17.4 Å². The molecule has 2 N–H and O–H groups in total. The molecule has 6 nitrogen and oxygen atoms in total. The highest BCUT2D eigenvalue weighted by Crippen LogP contribution is 2.30. The van der Waals surface area contributed by atoms with Gasteiger partial charge in [0.15, 0.2) is 5.65 Å². The van der Waals surface area contributed by atoms with Crippen LogP contribution in [0.1, 0.15) is 15.9 Å². The Morgan fingerprint density at radius 1 is 1.04 bits per heavy atom. The molecule has 140 valence electrons. The Kier molecular flexibility index (Phi) is 4.24. The summed E-state index contributed by atoms with van der Waals surface area (Å²) in [6.45, 7) is 1.90. The third kappa shape index (κ3) is 2.95. The van der Waals surface area contributed by atoms with Gasteiger partial charge in [-0.05, 0) is 54.4 Å². The average molecular weight is 391 g/mol. The fraction of sp³-hybridized carbons (Fsp3) is 0.0476. The Morgan fingerprint density at radius 3 is 2.50 bits per heavy atom. The van der Waals surface area contributed by atoms with E-state index in [1.54, 1.807) is 60.8 Å². The van der Waals surface area contributed by atoms with Gasteiger partial charge in [-0.2, -0.15) is 0 Å². The van der Waals surface area contributed by atoms with Gasteiger partial charge in [0.05, 0.1) is 4.90 Å². The summed E-state index contributed by atoms with van der Waals surface area (Å²) in [5, 5.41) is 0.666. The summed E-state index contributed by atoms with van der Waals surface area (Å²) in [7, 11) is -3.78. The zero-order valence-electron chi connectivity index (χ0n) is 15.0. The van der Waals surface area contributed by atoms with Crippen LogP contribution in [-0.2, 0) is 10.0 Å². The molecule has 0 atom stereocenters. The largest absolute Gasteiger partial charge is 0.366 e. The maximum Gasteiger partial charge on any atom is 0.269 e. The topological polar surface area (TPSA) is 95.0 Å². The summed E-state index contributed by atoms with van der Waals surface area (Å²) in [6.07, 6.45) is 3.05. The quantitative estimate of drug-likeness (QED) is 0.577. The minimum atomic E-state index is -3.78. The summed E-state index contributed by atoms with van der Waals surface area (Å²) in [4.78, 5) is 16.0. The van der Waals surface area contributed by atoms with Crippen molar-refractivity contribution < 1.29 is 13.2 Å². The number of carbonyl (C=O) groups excluding carboxylic acids is 1. The predicted octanol–water partition coefficient (Wildman–Crippen LogP) is 3.35. The Balaban J connectivity index is 1.89. The molecule has 0 saturated heterocycles. The van der Waals surface area contributed by atoms with Crippen molar-refractivity contribution >= 4 is 27.0 Å². The normalized spacial score (nSPS) is 11.6. The number of primary amides is 1.